The minimum Gasteiger partial charge on any atom is -0.480 e. The van der Waals surface area contributed by atoms with Crippen LogP contribution in [0, 0.1) is 0 Å². The Bertz CT molecular complexity index is 376. The fourth-order valence-corrected chi connectivity index (χ4v) is 1.60. The highest BCUT2D eigenvalue weighted by molar-refractivity contribution is 5.25. The summed E-state index contributed by atoms with van der Waals surface area (Å²) in [5.74, 6) is 6.36. The Morgan fingerprint density at radius 1 is 1.32 bits per heavy atom. The van der Waals surface area contributed by atoms with E-state index in [1.165, 1.54) is 20.4 Å². The predicted molar refractivity (Wildman–Crippen MR) is 70.9 cm³/mol. The van der Waals surface area contributed by atoms with Gasteiger partial charge in [0.25, 0.3) is 0 Å². The number of nitrogens with one attached hydrogen (secondary N) is 1. The Balaban J connectivity index is 2.73. The molecule has 0 bridgehead atoms. The normalized spacial score (nSPS) is 12.2. The monoisotopic (exact) mass is 270 g/mol. The number of ether oxygens (including phenoxy) is 3. The van der Waals surface area contributed by atoms with Gasteiger partial charge in [0.1, 0.15) is 5.69 Å². The number of hydrazine groups is 1. The Labute approximate surface area is 113 Å². The Hall–Kier alpha value is -1.44. The lowest BCUT2D eigenvalue weighted by molar-refractivity contribution is 0.124. The zero-order chi connectivity index (χ0) is 14.1. The maximum Gasteiger partial charge on any atom is 0.240 e. The van der Waals surface area contributed by atoms with Crippen LogP contribution in [0.4, 0.5) is 0 Å². The van der Waals surface area contributed by atoms with Crippen molar-refractivity contribution in [3.05, 3.63) is 11.9 Å². The van der Waals surface area contributed by atoms with E-state index in [0.29, 0.717) is 30.5 Å². The minimum absolute atomic E-state index is 0.176. The first-order chi connectivity index (χ1) is 9.26. The lowest BCUT2D eigenvalue weighted by Gasteiger charge is -2.17. The molecule has 0 amide bonds. The van der Waals surface area contributed by atoms with Gasteiger partial charge >= 0.3 is 0 Å². The van der Waals surface area contributed by atoms with Crippen molar-refractivity contribution >= 4 is 0 Å². The lowest BCUT2D eigenvalue weighted by Crippen LogP contribution is -2.30. The van der Waals surface area contributed by atoms with Crippen molar-refractivity contribution in [1.82, 2.24) is 15.4 Å². The first-order valence-electron chi connectivity index (χ1n) is 6.25. The molecular weight excluding hydrogens is 248 g/mol. The molecule has 0 saturated heterocycles. The molecule has 3 N–H and O–H groups in total. The number of hydrogen-bond donors (Lipinski definition) is 2. The van der Waals surface area contributed by atoms with Gasteiger partial charge in [-0.3, -0.25) is 11.3 Å². The number of nitrogens with zero attached hydrogens (tertiary/aromatic N) is 2. The van der Waals surface area contributed by atoms with Gasteiger partial charge in [0.05, 0.1) is 26.5 Å². The highest BCUT2D eigenvalue weighted by Gasteiger charge is 2.18. The molecule has 0 aliphatic rings. The van der Waals surface area contributed by atoms with E-state index in [4.69, 9.17) is 20.1 Å². The third-order valence-electron chi connectivity index (χ3n) is 2.58. The molecule has 0 aliphatic carbocycles. The molecule has 0 aliphatic heterocycles. The number of hydrogen-bond acceptors (Lipinski definition) is 7. The van der Waals surface area contributed by atoms with E-state index in [2.05, 4.69) is 22.3 Å². The summed E-state index contributed by atoms with van der Waals surface area (Å²) in [6.07, 6.45) is 3.22. The summed E-state index contributed by atoms with van der Waals surface area (Å²) in [7, 11) is 3.06. The summed E-state index contributed by atoms with van der Waals surface area (Å²) < 4.78 is 15.7. The van der Waals surface area contributed by atoms with Crippen molar-refractivity contribution in [1.29, 1.82) is 0 Å². The molecule has 19 heavy (non-hydrogen) atoms. The summed E-state index contributed by atoms with van der Waals surface area (Å²) in [5, 5.41) is 0. The van der Waals surface area contributed by atoms with Gasteiger partial charge in [-0.15, -0.1) is 0 Å². The van der Waals surface area contributed by atoms with Crippen molar-refractivity contribution in [3.63, 3.8) is 0 Å². The first-order valence-corrected chi connectivity index (χ1v) is 6.25. The number of methoxy groups -OCH3 is 2. The van der Waals surface area contributed by atoms with E-state index in [1.54, 1.807) is 0 Å². The number of rotatable bonds is 9. The largest absolute Gasteiger partial charge is 0.480 e. The van der Waals surface area contributed by atoms with Crippen LogP contribution in [0.25, 0.3) is 0 Å². The summed E-state index contributed by atoms with van der Waals surface area (Å²) in [5.41, 5.74) is 3.35. The fourth-order valence-electron chi connectivity index (χ4n) is 1.60. The van der Waals surface area contributed by atoms with E-state index >= 15 is 0 Å². The molecule has 1 heterocycles. The van der Waals surface area contributed by atoms with E-state index < -0.39 is 0 Å². The highest BCUT2D eigenvalue weighted by atomic mass is 16.5. The quantitative estimate of drug-likeness (QED) is 0.390. The first kappa shape index (κ1) is 15.6. The van der Waals surface area contributed by atoms with Crippen LogP contribution >= 0.6 is 0 Å². The average Bonchev–Trinajstić information content (AvgIpc) is 2.47. The van der Waals surface area contributed by atoms with Gasteiger partial charge in [0, 0.05) is 13.2 Å². The minimum atomic E-state index is -0.176. The van der Waals surface area contributed by atoms with Gasteiger partial charge in [0.15, 0.2) is 0 Å². The van der Waals surface area contributed by atoms with Crippen molar-refractivity contribution in [2.24, 2.45) is 5.84 Å². The second kappa shape index (κ2) is 8.63. The molecule has 1 aromatic rings. The lowest BCUT2D eigenvalue weighted by atomic mass is 10.1. The molecule has 0 spiro atoms. The van der Waals surface area contributed by atoms with Crippen LogP contribution in [0.5, 0.6) is 11.8 Å². The van der Waals surface area contributed by atoms with Gasteiger partial charge in [-0.25, -0.2) is 4.98 Å². The Morgan fingerprint density at radius 3 is 2.68 bits per heavy atom. The molecule has 0 aromatic carbocycles. The van der Waals surface area contributed by atoms with Gasteiger partial charge in [-0.2, -0.15) is 4.98 Å². The zero-order valence-corrected chi connectivity index (χ0v) is 11.7. The zero-order valence-electron chi connectivity index (χ0n) is 11.7. The molecule has 1 unspecified atom stereocenters. The third kappa shape index (κ3) is 4.62. The fraction of sp³-hybridized carbons (Fsp3) is 0.667. The van der Waals surface area contributed by atoms with Gasteiger partial charge in [-0.05, 0) is 12.8 Å². The maximum atomic E-state index is 5.55. The van der Waals surface area contributed by atoms with Gasteiger partial charge in [0.2, 0.25) is 11.8 Å². The standard InChI is InChI=1S/C12H22N4O3/c1-4-6-19-7-5-9(16-13)11-12(18-3)15-10(17-2)8-14-11/h8-9,16H,4-7,13H2,1-3H3. The average molecular weight is 270 g/mol. The SMILES string of the molecule is CCCOCCC(NN)c1ncc(OC)nc1OC. The van der Waals surface area contributed by atoms with Crippen molar-refractivity contribution < 1.29 is 14.2 Å². The molecule has 0 radical (unpaired) electrons. The second-order valence-corrected chi connectivity index (χ2v) is 3.93. The Kier molecular flexibility index (Phi) is 7.09. The van der Waals surface area contributed by atoms with Crippen LogP contribution in [0.15, 0.2) is 6.20 Å². The van der Waals surface area contributed by atoms with E-state index in [-0.39, 0.29) is 6.04 Å². The van der Waals surface area contributed by atoms with Crippen LogP contribution in [-0.4, -0.2) is 37.4 Å². The van der Waals surface area contributed by atoms with Gasteiger partial charge < -0.3 is 14.2 Å². The summed E-state index contributed by atoms with van der Waals surface area (Å²) >= 11 is 0. The summed E-state index contributed by atoms with van der Waals surface area (Å²) in [6.45, 7) is 3.40. The Morgan fingerprint density at radius 2 is 2.11 bits per heavy atom. The van der Waals surface area contributed by atoms with Crippen molar-refractivity contribution in [2.75, 3.05) is 27.4 Å². The number of aromatic nitrogens is 2. The van der Waals surface area contributed by atoms with Crippen LogP contribution < -0.4 is 20.7 Å². The second-order valence-electron chi connectivity index (χ2n) is 3.93. The molecule has 1 aromatic heterocycles. The topological polar surface area (TPSA) is 91.5 Å². The predicted octanol–water partition coefficient (Wildman–Crippen LogP) is 0.815. The van der Waals surface area contributed by atoms with E-state index in [9.17, 15) is 0 Å². The molecule has 0 saturated carbocycles. The third-order valence-corrected chi connectivity index (χ3v) is 2.58. The summed E-state index contributed by atoms with van der Waals surface area (Å²) in [4.78, 5) is 8.46. The van der Waals surface area contributed by atoms with Gasteiger partial charge in [-0.1, -0.05) is 6.92 Å². The number of nitrogens with two attached hydrogens (primary N) is 1. The van der Waals surface area contributed by atoms with Crippen molar-refractivity contribution in [2.45, 2.75) is 25.8 Å². The van der Waals surface area contributed by atoms with Crippen molar-refractivity contribution in [3.8, 4) is 11.8 Å². The maximum absolute atomic E-state index is 5.55. The van der Waals surface area contributed by atoms with Crippen LogP contribution in [0.3, 0.4) is 0 Å². The van der Waals surface area contributed by atoms with Crippen LogP contribution in [0.1, 0.15) is 31.5 Å². The summed E-state index contributed by atoms with van der Waals surface area (Å²) in [6, 6.07) is -0.176. The molecule has 1 rings (SSSR count). The van der Waals surface area contributed by atoms with E-state index in [0.717, 1.165) is 13.0 Å². The molecule has 108 valence electrons. The highest BCUT2D eigenvalue weighted by Crippen LogP contribution is 2.24. The molecule has 7 heteroatoms. The van der Waals surface area contributed by atoms with Crippen LogP contribution in [0.2, 0.25) is 0 Å². The molecule has 1 atom stereocenters. The molecule has 0 fully saturated rings. The van der Waals surface area contributed by atoms with Crippen LogP contribution in [-0.2, 0) is 4.74 Å². The smallest absolute Gasteiger partial charge is 0.240 e. The molecule has 7 nitrogen and oxygen atoms in total. The van der Waals surface area contributed by atoms with E-state index in [1.807, 2.05) is 0 Å². The molecular formula is C12H22N4O3.